The van der Waals surface area contributed by atoms with E-state index in [2.05, 4.69) is 9.71 Å². The van der Waals surface area contributed by atoms with Gasteiger partial charge >= 0.3 is 0 Å². The van der Waals surface area contributed by atoms with Gasteiger partial charge in [-0.05, 0) is 12.1 Å². The van der Waals surface area contributed by atoms with E-state index in [1.165, 1.54) is 12.3 Å². The van der Waals surface area contributed by atoms with Crippen LogP contribution in [0.3, 0.4) is 0 Å². The fourth-order valence-electron chi connectivity index (χ4n) is 1.74. The SMILES string of the molecule is O=S(=O)(NC(CO)CO)c1cccc2cnccc12. The number of nitrogens with zero attached hydrogens (tertiary/aromatic N) is 1. The van der Waals surface area contributed by atoms with Crippen molar-refractivity contribution in [1.82, 2.24) is 9.71 Å². The summed E-state index contributed by atoms with van der Waals surface area (Å²) in [5.41, 5.74) is 0. The number of fused-ring (bicyclic) bond motifs is 1. The number of pyridine rings is 1. The summed E-state index contributed by atoms with van der Waals surface area (Å²) in [6, 6.07) is 5.54. The second kappa shape index (κ2) is 5.62. The molecule has 0 amide bonds. The number of benzene rings is 1. The van der Waals surface area contributed by atoms with Crippen LogP contribution < -0.4 is 4.72 Å². The van der Waals surface area contributed by atoms with Gasteiger partial charge in [0.05, 0.1) is 24.2 Å². The van der Waals surface area contributed by atoms with Crippen molar-refractivity contribution in [3.05, 3.63) is 36.7 Å². The maximum Gasteiger partial charge on any atom is 0.241 e. The molecule has 0 aliphatic rings. The molecule has 3 N–H and O–H groups in total. The molecule has 0 fully saturated rings. The van der Waals surface area contributed by atoms with E-state index in [0.29, 0.717) is 10.8 Å². The van der Waals surface area contributed by atoms with Crippen molar-refractivity contribution >= 4 is 20.8 Å². The minimum atomic E-state index is -3.81. The standard InChI is InChI=1S/C12H14N2O4S/c15-7-10(8-16)14-19(17,18)12-3-1-2-9-6-13-5-4-11(9)12/h1-6,10,14-16H,7-8H2. The summed E-state index contributed by atoms with van der Waals surface area (Å²) in [5.74, 6) is 0. The topological polar surface area (TPSA) is 99.5 Å². The summed E-state index contributed by atoms with van der Waals surface area (Å²) >= 11 is 0. The number of aliphatic hydroxyl groups excluding tert-OH is 2. The predicted molar refractivity (Wildman–Crippen MR) is 70.0 cm³/mol. The van der Waals surface area contributed by atoms with Crippen molar-refractivity contribution in [2.24, 2.45) is 0 Å². The smallest absolute Gasteiger partial charge is 0.241 e. The van der Waals surface area contributed by atoms with Crippen molar-refractivity contribution in [1.29, 1.82) is 0 Å². The van der Waals surface area contributed by atoms with E-state index < -0.39 is 29.3 Å². The van der Waals surface area contributed by atoms with E-state index in [1.54, 1.807) is 24.4 Å². The molecule has 1 aromatic heterocycles. The summed E-state index contributed by atoms with van der Waals surface area (Å²) in [6.07, 6.45) is 3.08. The third kappa shape index (κ3) is 2.90. The third-order valence-electron chi connectivity index (χ3n) is 2.69. The van der Waals surface area contributed by atoms with E-state index in [1.807, 2.05) is 0 Å². The van der Waals surface area contributed by atoms with Crippen LogP contribution in [-0.2, 0) is 10.0 Å². The molecule has 102 valence electrons. The second-order valence-electron chi connectivity index (χ2n) is 4.04. The van der Waals surface area contributed by atoms with Crippen LogP contribution in [0.5, 0.6) is 0 Å². The van der Waals surface area contributed by atoms with Gasteiger partial charge in [0, 0.05) is 23.2 Å². The maximum absolute atomic E-state index is 12.2. The lowest BCUT2D eigenvalue weighted by Crippen LogP contribution is -2.40. The summed E-state index contributed by atoms with van der Waals surface area (Å²) < 4.78 is 26.7. The Balaban J connectivity index is 2.49. The molecule has 0 bridgehead atoms. The average Bonchev–Trinajstić information content (AvgIpc) is 2.44. The van der Waals surface area contributed by atoms with Crippen molar-refractivity contribution in [2.45, 2.75) is 10.9 Å². The lowest BCUT2D eigenvalue weighted by atomic mass is 10.2. The van der Waals surface area contributed by atoms with Crippen LogP contribution in [0, 0.1) is 0 Å². The first kappa shape index (κ1) is 13.9. The van der Waals surface area contributed by atoms with Crippen molar-refractivity contribution in [3.63, 3.8) is 0 Å². The minimum Gasteiger partial charge on any atom is -0.395 e. The Morgan fingerprint density at radius 3 is 2.63 bits per heavy atom. The lowest BCUT2D eigenvalue weighted by Gasteiger charge is -2.14. The Morgan fingerprint density at radius 2 is 1.95 bits per heavy atom. The average molecular weight is 282 g/mol. The zero-order valence-electron chi connectivity index (χ0n) is 10.0. The third-order valence-corrected chi connectivity index (χ3v) is 4.27. The van der Waals surface area contributed by atoms with Crippen LogP contribution >= 0.6 is 0 Å². The highest BCUT2D eigenvalue weighted by atomic mass is 32.2. The molecule has 1 aromatic carbocycles. The molecule has 2 aromatic rings. The first-order chi connectivity index (χ1) is 9.08. The zero-order valence-corrected chi connectivity index (χ0v) is 10.8. The number of hydrogen-bond acceptors (Lipinski definition) is 5. The summed E-state index contributed by atoms with van der Waals surface area (Å²) in [4.78, 5) is 4.03. The van der Waals surface area contributed by atoms with Gasteiger partial charge in [-0.25, -0.2) is 13.1 Å². The van der Waals surface area contributed by atoms with Gasteiger partial charge in [-0.2, -0.15) is 0 Å². The van der Waals surface area contributed by atoms with Crippen molar-refractivity contribution in [3.8, 4) is 0 Å². The number of aliphatic hydroxyl groups is 2. The predicted octanol–water partition coefficient (Wildman–Crippen LogP) is -0.134. The second-order valence-corrected chi connectivity index (χ2v) is 5.72. The van der Waals surface area contributed by atoms with Crippen LogP contribution in [0.4, 0.5) is 0 Å². The number of sulfonamides is 1. The van der Waals surface area contributed by atoms with Gasteiger partial charge in [0.25, 0.3) is 0 Å². The molecule has 1 heterocycles. The fraction of sp³-hybridized carbons (Fsp3) is 0.250. The molecule has 0 spiro atoms. The van der Waals surface area contributed by atoms with Gasteiger partial charge < -0.3 is 10.2 Å². The van der Waals surface area contributed by atoms with Crippen LogP contribution in [-0.4, -0.2) is 42.9 Å². The van der Waals surface area contributed by atoms with Crippen LogP contribution in [0.1, 0.15) is 0 Å². The lowest BCUT2D eigenvalue weighted by molar-refractivity contribution is 0.185. The summed E-state index contributed by atoms with van der Waals surface area (Å²) in [6.45, 7) is -0.940. The van der Waals surface area contributed by atoms with Gasteiger partial charge in [0.1, 0.15) is 0 Å². The summed E-state index contributed by atoms with van der Waals surface area (Å²) in [7, 11) is -3.81. The Kier molecular flexibility index (Phi) is 4.11. The highest BCUT2D eigenvalue weighted by Crippen LogP contribution is 2.21. The van der Waals surface area contributed by atoms with Gasteiger partial charge in [0.2, 0.25) is 10.0 Å². The number of aromatic nitrogens is 1. The normalized spacial score (nSPS) is 12.2. The fourth-order valence-corrected chi connectivity index (χ4v) is 3.19. The highest BCUT2D eigenvalue weighted by molar-refractivity contribution is 7.89. The molecule has 0 saturated carbocycles. The monoisotopic (exact) mass is 282 g/mol. The van der Waals surface area contributed by atoms with Crippen LogP contribution in [0.15, 0.2) is 41.6 Å². The van der Waals surface area contributed by atoms with Crippen LogP contribution in [0.25, 0.3) is 10.8 Å². The Morgan fingerprint density at radius 1 is 1.21 bits per heavy atom. The Bertz CT molecular complexity index is 663. The largest absolute Gasteiger partial charge is 0.395 e. The quantitative estimate of drug-likeness (QED) is 0.709. The first-order valence-corrected chi connectivity index (χ1v) is 7.13. The highest BCUT2D eigenvalue weighted by Gasteiger charge is 2.21. The summed E-state index contributed by atoms with van der Waals surface area (Å²) in [5, 5.41) is 19.2. The molecule has 19 heavy (non-hydrogen) atoms. The zero-order chi connectivity index (χ0) is 13.9. The number of nitrogens with one attached hydrogen (secondary N) is 1. The van der Waals surface area contributed by atoms with E-state index in [0.717, 1.165) is 0 Å². The van der Waals surface area contributed by atoms with E-state index >= 15 is 0 Å². The van der Waals surface area contributed by atoms with Gasteiger partial charge in [-0.3, -0.25) is 4.98 Å². The molecule has 7 heteroatoms. The van der Waals surface area contributed by atoms with E-state index in [-0.39, 0.29) is 4.90 Å². The molecule has 0 atom stereocenters. The maximum atomic E-state index is 12.2. The molecular weight excluding hydrogens is 268 g/mol. The molecule has 0 radical (unpaired) electrons. The van der Waals surface area contributed by atoms with Crippen LogP contribution in [0.2, 0.25) is 0 Å². The van der Waals surface area contributed by atoms with Gasteiger partial charge in [0.15, 0.2) is 0 Å². The number of rotatable bonds is 5. The van der Waals surface area contributed by atoms with Gasteiger partial charge in [-0.1, -0.05) is 12.1 Å². The molecule has 0 saturated heterocycles. The molecule has 0 unspecified atom stereocenters. The number of hydrogen-bond donors (Lipinski definition) is 3. The van der Waals surface area contributed by atoms with Gasteiger partial charge in [-0.15, -0.1) is 0 Å². The molecule has 2 rings (SSSR count). The minimum absolute atomic E-state index is 0.0966. The Labute approximate surface area is 110 Å². The van der Waals surface area contributed by atoms with Crippen molar-refractivity contribution in [2.75, 3.05) is 13.2 Å². The molecular formula is C12H14N2O4S. The van der Waals surface area contributed by atoms with Crippen molar-refractivity contribution < 1.29 is 18.6 Å². The Hall–Kier alpha value is -1.54. The molecule has 0 aliphatic heterocycles. The molecule has 6 nitrogen and oxygen atoms in total. The van der Waals surface area contributed by atoms with E-state index in [9.17, 15) is 8.42 Å². The first-order valence-electron chi connectivity index (χ1n) is 5.65. The molecule has 0 aliphatic carbocycles. The van der Waals surface area contributed by atoms with E-state index in [4.69, 9.17) is 10.2 Å².